The third-order valence-electron chi connectivity index (χ3n) is 9.90. The molecule has 2 atom stereocenters. The molecule has 0 aliphatic carbocycles. The van der Waals surface area contributed by atoms with Crippen LogP contribution in [0.1, 0.15) is 194 Å². The third kappa shape index (κ3) is 45.4. The van der Waals surface area contributed by atoms with Gasteiger partial charge in [-0.05, 0) is 51.4 Å². The normalized spacial score (nSPS) is 14.1. The van der Waals surface area contributed by atoms with Crippen LogP contribution in [0.4, 0.5) is 0 Å². The Bertz CT molecular complexity index is 1050. The summed E-state index contributed by atoms with van der Waals surface area (Å²) in [7, 11) is 1.67. The first kappa shape index (κ1) is 55.5. The summed E-state index contributed by atoms with van der Waals surface area (Å²) in [5, 5.41) is 0. The van der Waals surface area contributed by atoms with Crippen molar-refractivity contribution in [2.45, 2.75) is 200 Å². The lowest BCUT2D eigenvalue weighted by molar-refractivity contribution is -0.870. The highest BCUT2D eigenvalue weighted by molar-refractivity contribution is 7.47. The molecule has 0 spiro atoms. The van der Waals surface area contributed by atoms with Crippen LogP contribution >= 0.6 is 7.82 Å². The highest BCUT2D eigenvalue weighted by Gasteiger charge is 2.26. The number of carbonyl (C=O) groups excluding carboxylic acids is 1. The molecule has 2 unspecified atom stereocenters. The van der Waals surface area contributed by atoms with E-state index >= 15 is 0 Å². The molecule has 0 amide bonds. The average molecular weight is 825 g/mol. The van der Waals surface area contributed by atoms with Gasteiger partial charge in [0.15, 0.2) is 0 Å². The number of hydrogen-bond donors (Lipinski definition) is 1. The van der Waals surface area contributed by atoms with E-state index in [1.165, 1.54) is 116 Å². The Kier molecular flexibility index (Phi) is 40.1. The number of allylic oxidation sites excluding steroid dienone is 8. The van der Waals surface area contributed by atoms with Crippen molar-refractivity contribution in [2.75, 3.05) is 54.1 Å². The number of likely N-dealkylation sites (N-methyl/N-ethyl adjacent to an activating group) is 1. The second-order valence-electron chi connectivity index (χ2n) is 16.8. The summed E-state index contributed by atoms with van der Waals surface area (Å²) in [6.07, 6.45) is 50.1. The van der Waals surface area contributed by atoms with Crippen molar-refractivity contribution in [3.8, 4) is 0 Å². The first-order chi connectivity index (χ1) is 27.6. The standard InChI is InChI=1S/C48H90NO7P/c1-6-8-10-12-14-16-18-19-20-21-22-23-24-25-26-27-28-29-30-32-34-36-38-40-43-53-45-47(46-55-57(51,52)54-44-42-49(3,4)5)56-48(50)41-39-37-35-33-31-17-15-13-11-9-7-2/h8,10,14,16,19-20,22-23,47H,6-7,9,11-13,15,17-18,21,24-46H2,1-5H3/p+1/b10-8-,16-14-,20-19-,23-22-. The molecule has 0 aliphatic heterocycles. The van der Waals surface area contributed by atoms with Gasteiger partial charge in [0, 0.05) is 13.0 Å². The Balaban J connectivity index is 4.09. The highest BCUT2D eigenvalue weighted by Crippen LogP contribution is 2.43. The van der Waals surface area contributed by atoms with Gasteiger partial charge in [0.1, 0.15) is 19.3 Å². The van der Waals surface area contributed by atoms with Crippen LogP contribution in [0.2, 0.25) is 0 Å². The molecule has 0 aromatic rings. The molecule has 0 aliphatic rings. The van der Waals surface area contributed by atoms with Gasteiger partial charge in [-0.3, -0.25) is 13.8 Å². The van der Waals surface area contributed by atoms with Gasteiger partial charge in [-0.2, -0.15) is 0 Å². The molecule has 9 heteroatoms. The maximum atomic E-state index is 12.7. The second kappa shape index (κ2) is 41.2. The summed E-state index contributed by atoms with van der Waals surface area (Å²) >= 11 is 0. The van der Waals surface area contributed by atoms with Gasteiger partial charge < -0.3 is 18.9 Å². The van der Waals surface area contributed by atoms with Gasteiger partial charge in [-0.1, -0.05) is 184 Å². The molecule has 0 saturated heterocycles. The zero-order chi connectivity index (χ0) is 42.0. The molecule has 0 aromatic heterocycles. The summed E-state index contributed by atoms with van der Waals surface area (Å²) < 4.78 is 35.0. The smallest absolute Gasteiger partial charge is 0.457 e. The van der Waals surface area contributed by atoms with Crippen molar-refractivity contribution in [1.82, 2.24) is 0 Å². The van der Waals surface area contributed by atoms with E-state index in [0.29, 0.717) is 24.1 Å². The number of nitrogens with zero attached hydrogens (tertiary/aromatic N) is 1. The van der Waals surface area contributed by atoms with E-state index in [9.17, 15) is 14.3 Å². The average Bonchev–Trinajstić information content (AvgIpc) is 3.16. The number of unbranched alkanes of at least 4 members (excludes halogenated alkanes) is 21. The topological polar surface area (TPSA) is 91.3 Å². The minimum atomic E-state index is -4.27. The molecule has 0 aromatic carbocycles. The van der Waals surface area contributed by atoms with Gasteiger partial charge in [-0.15, -0.1) is 0 Å². The number of hydrogen-bond acceptors (Lipinski definition) is 6. The van der Waals surface area contributed by atoms with Crippen molar-refractivity contribution in [3.63, 3.8) is 0 Å². The number of quaternary nitrogens is 1. The van der Waals surface area contributed by atoms with Gasteiger partial charge in [0.2, 0.25) is 0 Å². The monoisotopic (exact) mass is 825 g/mol. The van der Waals surface area contributed by atoms with Gasteiger partial charge in [0.05, 0.1) is 34.4 Å². The molecule has 0 heterocycles. The third-order valence-corrected chi connectivity index (χ3v) is 10.9. The van der Waals surface area contributed by atoms with Crippen LogP contribution in [-0.2, 0) is 27.9 Å². The van der Waals surface area contributed by atoms with E-state index in [2.05, 4.69) is 62.5 Å². The number of phosphoric acid groups is 1. The van der Waals surface area contributed by atoms with E-state index < -0.39 is 13.9 Å². The van der Waals surface area contributed by atoms with Crippen LogP contribution in [0, 0.1) is 0 Å². The summed E-state index contributed by atoms with van der Waals surface area (Å²) in [6, 6.07) is 0. The Labute approximate surface area is 352 Å². The molecule has 57 heavy (non-hydrogen) atoms. The van der Waals surface area contributed by atoms with E-state index in [0.717, 1.165) is 57.8 Å². The predicted octanol–water partition coefficient (Wildman–Crippen LogP) is 13.9. The molecule has 0 rings (SSSR count). The lowest BCUT2D eigenvalue weighted by Crippen LogP contribution is -2.37. The molecule has 0 radical (unpaired) electrons. The van der Waals surface area contributed by atoms with Crippen LogP contribution in [-0.4, -0.2) is 75.6 Å². The number of esters is 1. The van der Waals surface area contributed by atoms with Crippen LogP contribution < -0.4 is 0 Å². The lowest BCUT2D eigenvalue weighted by atomic mass is 10.1. The maximum Gasteiger partial charge on any atom is 0.472 e. The number of phosphoric ester groups is 1. The van der Waals surface area contributed by atoms with Crippen molar-refractivity contribution in [3.05, 3.63) is 48.6 Å². The predicted molar refractivity (Wildman–Crippen MR) is 243 cm³/mol. The molecular formula is C48H91NO7P+. The highest BCUT2D eigenvalue weighted by atomic mass is 31.2. The molecule has 1 N–H and O–H groups in total. The van der Waals surface area contributed by atoms with Crippen molar-refractivity contribution < 1.29 is 37.3 Å². The second-order valence-corrected chi connectivity index (χ2v) is 18.2. The minimum Gasteiger partial charge on any atom is -0.457 e. The van der Waals surface area contributed by atoms with E-state index in [-0.39, 0.29) is 25.8 Å². The Hall–Kier alpha value is -1.54. The zero-order valence-electron chi connectivity index (χ0n) is 37.8. The first-order valence-electron chi connectivity index (χ1n) is 23.4. The van der Waals surface area contributed by atoms with Crippen molar-refractivity contribution >= 4 is 13.8 Å². The van der Waals surface area contributed by atoms with Gasteiger partial charge in [0.25, 0.3) is 0 Å². The lowest BCUT2D eigenvalue weighted by Gasteiger charge is -2.24. The van der Waals surface area contributed by atoms with E-state index in [1.807, 2.05) is 21.1 Å². The largest absolute Gasteiger partial charge is 0.472 e. The van der Waals surface area contributed by atoms with E-state index in [4.69, 9.17) is 18.5 Å². The van der Waals surface area contributed by atoms with Crippen LogP contribution in [0.25, 0.3) is 0 Å². The van der Waals surface area contributed by atoms with Crippen LogP contribution in [0.15, 0.2) is 48.6 Å². The summed E-state index contributed by atoms with van der Waals surface area (Å²) in [5.41, 5.74) is 0. The molecule has 0 fully saturated rings. The molecule has 0 saturated carbocycles. The fourth-order valence-electron chi connectivity index (χ4n) is 6.31. The van der Waals surface area contributed by atoms with Gasteiger partial charge >= 0.3 is 13.8 Å². The quantitative estimate of drug-likeness (QED) is 0.0215. The first-order valence-corrected chi connectivity index (χ1v) is 24.9. The fraction of sp³-hybridized carbons (Fsp3) is 0.812. The van der Waals surface area contributed by atoms with Crippen LogP contribution in [0.3, 0.4) is 0 Å². The molecule has 334 valence electrons. The zero-order valence-corrected chi connectivity index (χ0v) is 38.7. The van der Waals surface area contributed by atoms with Crippen LogP contribution in [0.5, 0.6) is 0 Å². The van der Waals surface area contributed by atoms with E-state index in [1.54, 1.807) is 0 Å². The Morgan fingerprint density at radius 3 is 1.53 bits per heavy atom. The molecular weight excluding hydrogens is 734 g/mol. The summed E-state index contributed by atoms with van der Waals surface area (Å²) in [6.45, 7) is 5.51. The number of rotatable bonds is 43. The maximum absolute atomic E-state index is 12.7. The molecule has 8 nitrogen and oxygen atoms in total. The minimum absolute atomic E-state index is 0.0881. The fourth-order valence-corrected chi connectivity index (χ4v) is 7.05. The number of carbonyl (C=O) groups is 1. The Morgan fingerprint density at radius 2 is 1.02 bits per heavy atom. The van der Waals surface area contributed by atoms with Crippen molar-refractivity contribution in [2.24, 2.45) is 0 Å². The Morgan fingerprint density at radius 1 is 0.561 bits per heavy atom. The van der Waals surface area contributed by atoms with Crippen molar-refractivity contribution in [1.29, 1.82) is 0 Å². The SMILES string of the molecule is CC/C=C\C/C=C\C/C=C\C/C=C\CCCCCCCCCCCCCOCC(COP(=O)(O)OCC[N+](C)(C)C)OC(=O)CCCCCCCCCCCCC. The summed E-state index contributed by atoms with van der Waals surface area (Å²) in [4.78, 5) is 22.9. The number of ether oxygens (including phenoxy) is 2. The van der Waals surface area contributed by atoms with Gasteiger partial charge in [-0.25, -0.2) is 4.57 Å². The summed E-state index contributed by atoms with van der Waals surface area (Å²) in [5.74, 6) is -0.316. The molecule has 0 bridgehead atoms.